The molecule has 0 aliphatic carbocycles. The van der Waals surface area contributed by atoms with Crippen LogP contribution in [0.4, 0.5) is 5.69 Å². The van der Waals surface area contributed by atoms with Crippen molar-refractivity contribution in [2.24, 2.45) is 5.10 Å². The Kier molecular flexibility index (Phi) is 3.46. The molecule has 2 heterocycles. The maximum absolute atomic E-state index is 8.61. The topological polar surface area (TPSA) is 102 Å². The molecule has 0 unspecified atom stereocenters. The van der Waals surface area contributed by atoms with E-state index < -0.39 is 0 Å². The van der Waals surface area contributed by atoms with Crippen molar-refractivity contribution < 1.29 is 0 Å². The number of rotatable bonds is 3. The Hall–Kier alpha value is -3.71. The lowest BCUT2D eigenvalue weighted by Crippen LogP contribution is -1.96. The van der Waals surface area contributed by atoms with Crippen molar-refractivity contribution in [2.45, 2.75) is 0 Å². The van der Waals surface area contributed by atoms with Gasteiger partial charge in [0.2, 0.25) is 5.71 Å². The van der Waals surface area contributed by atoms with Gasteiger partial charge in [-0.3, -0.25) is 5.43 Å². The Balaban J connectivity index is 1.83. The van der Waals surface area contributed by atoms with Gasteiger partial charge in [-0.25, -0.2) is 9.50 Å². The highest BCUT2D eigenvalue weighted by atomic mass is 15.3. The van der Waals surface area contributed by atoms with Crippen LogP contribution in [-0.4, -0.2) is 20.3 Å². The van der Waals surface area contributed by atoms with E-state index in [1.807, 2.05) is 24.4 Å². The maximum atomic E-state index is 8.61. The lowest BCUT2D eigenvalue weighted by molar-refractivity contribution is 0.941. The van der Waals surface area contributed by atoms with Crippen molar-refractivity contribution in [3.63, 3.8) is 0 Å². The first-order chi connectivity index (χ1) is 10.8. The molecule has 1 N–H and O–H groups in total. The van der Waals surface area contributed by atoms with Crippen molar-refractivity contribution in [2.75, 3.05) is 5.43 Å². The van der Waals surface area contributed by atoms with Gasteiger partial charge >= 0.3 is 0 Å². The van der Waals surface area contributed by atoms with Crippen LogP contribution < -0.4 is 5.43 Å². The molecule has 0 aliphatic heterocycles. The van der Waals surface area contributed by atoms with Crippen molar-refractivity contribution >= 4 is 17.0 Å². The number of anilines is 1. The summed E-state index contributed by atoms with van der Waals surface area (Å²) in [5.41, 5.74) is 5.81. The predicted molar refractivity (Wildman–Crippen MR) is 80.7 cm³/mol. The molecule has 104 valence electrons. The van der Waals surface area contributed by atoms with E-state index in [1.54, 1.807) is 41.2 Å². The molecule has 1 aromatic carbocycles. The van der Waals surface area contributed by atoms with Gasteiger partial charge in [0.25, 0.3) is 0 Å². The molecule has 22 heavy (non-hydrogen) atoms. The van der Waals surface area contributed by atoms with E-state index in [2.05, 4.69) is 20.6 Å². The zero-order valence-corrected chi connectivity index (χ0v) is 11.3. The van der Waals surface area contributed by atoms with Crippen molar-refractivity contribution in [1.82, 2.24) is 14.6 Å². The zero-order valence-electron chi connectivity index (χ0n) is 11.3. The van der Waals surface area contributed by atoms with Crippen molar-refractivity contribution in [3.8, 4) is 23.3 Å². The second-order valence-electron chi connectivity index (χ2n) is 4.35. The lowest BCUT2D eigenvalue weighted by atomic mass is 10.1. The molecule has 0 saturated heterocycles. The summed E-state index contributed by atoms with van der Waals surface area (Å²) in [4.78, 5) is 4.31. The minimum atomic E-state index is -0.225. The number of benzene rings is 1. The Morgan fingerprint density at radius 2 is 1.86 bits per heavy atom. The summed E-state index contributed by atoms with van der Waals surface area (Å²) in [7, 11) is 0. The quantitative estimate of drug-likeness (QED) is 0.587. The summed E-state index contributed by atoms with van der Waals surface area (Å²) in [6.07, 6.45) is 5.37. The van der Waals surface area contributed by atoms with Crippen LogP contribution in [0.2, 0.25) is 0 Å². The molecule has 2 aromatic heterocycles. The number of fused-ring (bicyclic) bond motifs is 1. The molecule has 7 nitrogen and oxygen atoms in total. The van der Waals surface area contributed by atoms with Crippen LogP contribution in [-0.2, 0) is 0 Å². The summed E-state index contributed by atoms with van der Waals surface area (Å²) in [6, 6.07) is 12.6. The van der Waals surface area contributed by atoms with Crippen LogP contribution in [0, 0.1) is 22.7 Å². The van der Waals surface area contributed by atoms with E-state index in [4.69, 9.17) is 10.5 Å². The van der Waals surface area contributed by atoms with E-state index in [1.165, 1.54) is 0 Å². The maximum Gasteiger partial charge on any atom is 0.237 e. The fraction of sp³-hybridized carbons (Fsp3) is 0. The summed E-state index contributed by atoms with van der Waals surface area (Å²) < 4.78 is 1.71. The number of nitrogens with one attached hydrogen (secondary N) is 1. The second-order valence-corrected chi connectivity index (χ2v) is 4.35. The van der Waals surface area contributed by atoms with Gasteiger partial charge in [-0.2, -0.15) is 20.7 Å². The summed E-state index contributed by atoms with van der Waals surface area (Å²) in [5, 5.41) is 25.1. The Morgan fingerprint density at radius 3 is 2.59 bits per heavy atom. The normalized spacial score (nSPS) is 9.73. The zero-order chi connectivity index (χ0) is 15.4. The number of hydrogen-bond acceptors (Lipinski definition) is 6. The second kappa shape index (κ2) is 5.73. The average Bonchev–Trinajstić information content (AvgIpc) is 3.04. The van der Waals surface area contributed by atoms with E-state index in [0.717, 1.165) is 16.8 Å². The van der Waals surface area contributed by atoms with Crippen LogP contribution in [0.5, 0.6) is 0 Å². The van der Waals surface area contributed by atoms with E-state index in [0.29, 0.717) is 5.69 Å². The molecule has 3 rings (SSSR count). The van der Waals surface area contributed by atoms with Crippen molar-refractivity contribution in [1.29, 1.82) is 10.5 Å². The van der Waals surface area contributed by atoms with Crippen LogP contribution in [0.3, 0.4) is 0 Å². The van der Waals surface area contributed by atoms with Gasteiger partial charge in [0.05, 0.1) is 11.9 Å². The lowest BCUT2D eigenvalue weighted by Gasteiger charge is -2.04. The first-order valence-electron chi connectivity index (χ1n) is 6.34. The molecule has 0 saturated carbocycles. The highest BCUT2D eigenvalue weighted by Gasteiger charge is 2.02. The monoisotopic (exact) mass is 287 g/mol. The molecule has 3 aromatic rings. The third kappa shape index (κ3) is 2.60. The smallest absolute Gasteiger partial charge is 0.237 e. The minimum absolute atomic E-state index is 0.225. The predicted octanol–water partition coefficient (Wildman–Crippen LogP) is 2.21. The fourth-order valence-electron chi connectivity index (χ4n) is 1.89. The van der Waals surface area contributed by atoms with Gasteiger partial charge in [0.15, 0.2) is 5.65 Å². The van der Waals surface area contributed by atoms with Gasteiger partial charge in [-0.1, -0.05) is 12.1 Å². The molecule has 0 aliphatic rings. The third-order valence-corrected chi connectivity index (χ3v) is 2.97. The number of aromatic nitrogens is 3. The molecule has 0 bridgehead atoms. The number of nitriles is 2. The SMILES string of the molecule is N#CC(C#N)=NNc1ccc(-c2cnc3ccnn3c2)cc1. The van der Waals surface area contributed by atoms with E-state index in [9.17, 15) is 0 Å². The summed E-state index contributed by atoms with van der Waals surface area (Å²) in [6.45, 7) is 0. The molecular formula is C15H9N7. The highest BCUT2D eigenvalue weighted by Crippen LogP contribution is 2.20. The van der Waals surface area contributed by atoms with Crippen LogP contribution in [0.1, 0.15) is 0 Å². The molecule has 0 radical (unpaired) electrons. The van der Waals surface area contributed by atoms with Crippen LogP contribution >= 0.6 is 0 Å². The largest absolute Gasteiger partial charge is 0.277 e. The molecule has 0 atom stereocenters. The number of nitrogens with zero attached hydrogens (tertiary/aromatic N) is 6. The Morgan fingerprint density at radius 1 is 1.09 bits per heavy atom. The number of hydrazone groups is 1. The highest BCUT2D eigenvalue weighted by molar-refractivity contribution is 6.10. The Labute approximate surface area is 125 Å². The van der Waals surface area contributed by atoms with Gasteiger partial charge in [-0.05, 0) is 17.7 Å². The fourth-order valence-corrected chi connectivity index (χ4v) is 1.89. The van der Waals surface area contributed by atoms with Gasteiger partial charge in [0, 0.05) is 24.0 Å². The molecule has 0 amide bonds. The van der Waals surface area contributed by atoms with Gasteiger partial charge in [0.1, 0.15) is 12.1 Å². The van der Waals surface area contributed by atoms with E-state index >= 15 is 0 Å². The molecule has 0 fully saturated rings. The third-order valence-electron chi connectivity index (χ3n) is 2.97. The standard InChI is InChI=1S/C15H9N7/c16-7-14(8-17)21-20-13-3-1-11(2-4-13)12-9-18-15-5-6-19-22(15)10-12/h1-6,9-10,20H. The molecular weight excluding hydrogens is 278 g/mol. The van der Waals surface area contributed by atoms with Crippen LogP contribution in [0.25, 0.3) is 16.8 Å². The van der Waals surface area contributed by atoms with E-state index in [-0.39, 0.29) is 5.71 Å². The molecule has 0 spiro atoms. The van der Waals surface area contributed by atoms with Crippen molar-refractivity contribution in [3.05, 3.63) is 48.9 Å². The van der Waals surface area contributed by atoms with Gasteiger partial charge < -0.3 is 0 Å². The first-order valence-corrected chi connectivity index (χ1v) is 6.34. The summed E-state index contributed by atoms with van der Waals surface area (Å²) >= 11 is 0. The summed E-state index contributed by atoms with van der Waals surface area (Å²) in [5.74, 6) is 0. The first kappa shape index (κ1) is 13.3. The number of hydrogen-bond donors (Lipinski definition) is 1. The average molecular weight is 287 g/mol. The molecule has 7 heteroatoms. The van der Waals surface area contributed by atoms with Crippen LogP contribution in [0.15, 0.2) is 54.0 Å². The Bertz CT molecular complexity index is 907. The minimum Gasteiger partial charge on any atom is -0.277 e. The van der Waals surface area contributed by atoms with Gasteiger partial charge in [-0.15, -0.1) is 0 Å².